The molecule has 7 heteroatoms. The maximum absolute atomic E-state index is 13.2. The number of esters is 3. The Balaban J connectivity index is 1.80. The van der Waals surface area contributed by atoms with Gasteiger partial charge in [0.15, 0.2) is 6.10 Å². The summed E-state index contributed by atoms with van der Waals surface area (Å²) in [6.45, 7) is 13.1. The van der Waals surface area contributed by atoms with Gasteiger partial charge in [-0.1, -0.05) is 39.0 Å². The van der Waals surface area contributed by atoms with Crippen molar-refractivity contribution in [3.8, 4) is 0 Å². The lowest BCUT2D eigenvalue weighted by Gasteiger charge is -2.61. The molecule has 7 atom stereocenters. The molecular formula is C28H38O7. The van der Waals surface area contributed by atoms with Crippen LogP contribution in [0.2, 0.25) is 0 Å². The molecule has 192 valence electrons. The quantitative estimate of drug-likeness (QED) is 0.440. The molecule has 1 saturated heterocycles. The van der Waals surface area contributed by atoms with Gasteiger partial charge in [0.2, 0.25) is 0 Å². The Bertz CT molecular complexity index is 986. The Kier molecular flexibility index (Phi) is 6.54. The molecule has 2 aliphatic carbocycles. The van der Waals surface area contributed by atoms with Crippen LogP contribution in [0, 0.1) is 23.2 Å². The minimum Gasteiger partial charge on any atom is -0.458 e. The molecule has 0 radical (unpaired) electrons. The molecule has 0 aromatic heterocycles. The first-order valence-corrected chi connectivity index (χ1v) is 12.7. The molecule has 35 heavy (non-hydrogen) atoms. The van der Waals surface area contributed by atoms with Crippen LogP contribution in [0.3, 0.4) is 0 Å². The summed E-state index contributed by atoms with van der Waals surface area (Å²) in [5.74, 6) is -1.43. The molecule has 0 N–H and O–H groups in total. The maximum atomic E-state index is 13.2. The van der Waals surface area contributed by atoms with Crippen molar-refractivity contribution in [3.63, 3.8) is 0 Å². The van der Waals surface area contributed by atoms with Crippen LogP contribution in [0.4, 0.5) is 0 Å². The molecule has 4 rings (SSSR count). The van der Waals surface area contributed by atoms with Gasteiger partial charge < -0.3 is 18.9 Å². The third kappa shape index (κ3) is 4.15. The number of carbonyl (C=O) groups excluding carboxylic acids is 3. The van der Waals surface area contributed by atoms with Crippen molar-refractivity contribution in [2.24, 2.45) is 23.2 Å². The summed E-state index contributed by atoms with van der Waals surface area (Å²) in [4.78, 5) is 38.2. The fraction of sp³-hybridized carbons (Fsp3) is 0.679. The smallest absolute Gasteiger partial charge is 0.338 e. The van der Waals surface area contributed by atoms with E-state index >= 15 is 0 Å². The summed E-state index contributed by atoms with van der Waals surface area (Å²) in [6, 6.07) is 8.87. The number of hydrogen-bond donors (Lipinski definition) is 0. The molecule has 3 aliphatic rings. The van der Waals surface area contributed by atoms with Crippen molar-refractivity contribution >= 4 is 17.9 Å². The normalized spacial score (nSPS) is 37.3. The van der Waals surface area contributed by atoms with E-state index in [2.05, 4.69) is 20.8 Å². The molecule has 0 unspecified atom stereocenters. The van der Waals surface area contributed by atoms with Crippen LogP contribution in [0.1, 0.15) is 78.1 Å². The van der Waals surface area contributed by atoms with Crippen molar-refractivity contribution in [3.05, 3.63) is 35.9 Å². The van der Waals surface area contributed by atoms with Crippen LogP contribution in [0.5, 0.6) is 0 Å². The van der Waals surface area contributed by atoms with Gasteiger partial charge in [-0.25, -0.2) is 4.79 Å². The van der Waals surface area contributed by atoms with Gasteiger partial charge in [0.25, 0.3) is 0 Å². The molecule has 1 aromatic rings. The molecule has 3 fully saturated rings. The molecule has 0 amide bonds. The Morgan fingerprint density at radius 3 is 2.26 bits per heavy atom. The van der Waals surface area contributed by atoms with Crippen molar-refractivity contribution in [2.45, 2.75) is 97.2 Å². The average Bonchev–Trinajstić information content (AvgIpc) is 3.03. The summed E-state index contributed by atoms with van der Waals surface area (Å²) < 4.78 is 25.0. The largest absolute Gasteiger partial charge is 0.458 e. The van der Waals surface area contributed by atoms with Crippen molar-refractivity contribution in [1.82, 2.24) is 0 Å². The van der Waals surface area contributed by atoms with E-state index in [-0.39, 0.29) is 23.7 Å². The SMILES string of the molecule is CC(=O)O[C@H]1[C@@H](OC(=O)C(C)C)C[C@@H](C)[C@@]23C[C@@H](C[C@H](OC(=O)c4ccccc4)[C@]12C)C(C)(C)O3. The van der Waals surface area contributed by atoms with E-state index in [1.54, 1.807) is 38.1 Å². The van der Waals surface area contributed by atoms with Crippen LogP contribution < -0.4 is 0 Å². The van der Waals surface area contributed by atoms with Gasteiger partial charge in [-0.05, 0) is 64.0 Å². The number of ether oxygens (including phenoxy) is 4. The fourth-order valence-corrected chi connectivity index (χ4v) is 6.70. The van der Waals surface area contributed by atoms with Gasteiger partial charge in [-0.3, -0.25) is 9.59 Å². The summed E-state index contributed by atoms with van der Waals surface area (Å²) >= 11 is 0. The second kappa shape index (κ2) is 8.91. The lowest BCUT2D eigenvalue weighted by atomic mass is 9.49. The number of hydrogen-bond acceptors (Lipinski definition) is 7. The van der Waals surface area contributed by atoms with Crippen molar-refractivity contribution in [1.29, 1.82) is 0 Å². The van der Waals surface area contributed by atoms with Crippen molar-refractivity contribution in [2.75, 3.05) is 0 Å². The van der Waals surface area contributed by atoms with E-state index in [1.165, 1.54) is 6.92 Å². The standard InChI is InChI=1S/C28H38O7/c1-16(2)24(30)33-21-13-17(3)28-15-20(26(5,6)35-28)14-22(27(28,7)23(21)32-18(4)29)34-25(31)19-11-9-8-10-12-19/h8-12,16-17,20-23H,13-15H2,1-7H3/t17-,20-,21+,22+,23+,27-,28+/m1/s1. The molecule has 1 aromatic carbocycles. The Morgan fingerprint density at radius 2 is 1.66 bits per heavy atom. The van der Waals surface area contributed by atoms with Gasteiger partial charge in [0.05, 0.1) is 28.1 Å². The van der Waals surface area contributed by atoms with Crippen LogP contribution >= 0.6 is 0 Å². The molecule has 1 aliphatic heterocycles. The zero-order chi connectivity index (χ0) is 25.8. The Labute approximate surface area is 207 Å². The van der Waals surface area contributed by atoms with E-state index in [0.717, 1.165) is 6.42 Å². The summed E-state index contributed by atoms with van der Waals surface area (Å²) in [7, 11) is 0. The van der Waals surface area contributed by atoms with Crippen molar-refractivity contribution < 1.29 is 33.3 Å². The first kappa shape index (κ1) is 25.7. The predicted molar refractivity (Wildman–Crippen MR) is 128 cm³/mol. The molecular weight excluding hydrogens is 448 g/mol. The van der Waals surface area contributed by atoms with Crippen LogP contribution in [-0.2, 0) is 28.5 Å². The third-order valence-electron chi connectivity index (χ3n) is 8.66. The third-order valence-corrected chi connectivity index (χ3v) is 8.66. The highest BCUT2D eigenvalue weighted by Crippen LogP contribution is 2.67. The van der Waals surface area contributed by atoms with Crippen LogP contribution in [0.25, 0.3) is 0 Å². The van der Waals surface area contributed by atoms with E-state index < -0.39 is 46.9 Å². The highest BCUT2D eigenvalue weighted by Gasteiger charge is 2.75. The van der Waals surface area contributed by atoms with Gasteiger partial charge in [0, 0.05) is 6.92 Å². The molecule has 1 spiro atoms. The van der Waals surface area contributed by atoms with Gasteiger partial charge in [-0.15, -0.1) is 0 Å². The molecule has 7 nitrogen and oxygen atoms in total. The predicted octanol–water partition coefficient (Wildman–Crippen LogP) is 4.72. The lowest BCUT2D eigenvalue weighted by molar-refractivity contribution is -0.282. The number of benzene rings is 1. The highest BCUT2D eigenvalue weighted by atomic mass is 16.6. The van der Waals surface area contributed by atoms with E-state index in [9.17, 15) is 14.4 Å². The monoisotopic (exact) mass is 486 g/mol. The minimum atomic E-state index is -0.924. The Morgan fingerprint density at radius 1 is 1.00 bits per heavy atom. The topological polar surface area (TPSA) is 88.1 Å². The number of carbonyl (C=O) groups is 3. The molecule has 2 bridgehead atoms. The second-order valence-electron chi connectivity index (χ2n) is 11.6. The van der Waals surface area contributed by atoms with Gasteiger partial charge in [-0.2, -0.15) is 0 Å². The summed E-state index contributed by atoms with van der Waals surface area (Å²) in [5.41, 5.74) is -1.61. The van der Waals surface area contributed by atoms with E-state index in [4.69, 9.17) is 18.9 Å². The van der Waals surface area contributed by atoms with Crippen LogP contribution in [-0.4, -0.2) is 47.4 Å². The summed E-state index contributed by atoms with van der Waals surface area (Å²) in [6.07, 6.45) is -0.251. The zero-order valence-electron chi connectivity index (χ0n) is 21.8. The van der Waals surface area contributed by atoms with Crippen LogP contribution in [0.15, 0.2) is 30.3 Å². The highest BCUT2D eigenvalue weighted by molar-refractivity contribution is 5.89. The average molecular weight is 487 g/mol. The number of fused-ring (bicyclic) bond motifs is 1. The fourth-order valence-electron chi connectivity index (χ4n) is 6.70. The first-order valence-electron chi connectivity index (χ1n) is 12.7. The Hall–Kier alpha value is -2.41. The van der Waals surface area contributed by atoms with E-state index in [1.807, 2.05) is 13.0 Å². The van der Waals surface area contributed by atoms with Gasteiger partial charge >= 0.3 is 17.9 Å². The molecule has 2 saturated carbocycles. The molecule has 1 heterocycles. The zero-order valence-corrected chi connectivity index (χ0v) is 21.8. The second-order valence-corrected chi connectivity index (χ2v) is 11.6. The summed E-state index contributed by atoms with van der Waals surface area (Å²) in [5, 5.41) is 0. The van der Waals surface area contributed by atoms with E-state index in [0.29, 0.717) is 18.4 Å². The van der Waals surface area contributed by atoms with Gasteiger partial charge in [0.1, 0.15) is 12.2 Å². The first-order chi connectivity index (χ1) is 16.3. The maximum Gasteiger partial charge on any atom is 0.338 e. The minimum absolute atomic E-state index is 0.0215. The lowest BCUT2D eigenvalue weighted by Crippen LogP contribution is -2.71. The number of rotatable bonds is 5.